The number of halogens is 1. The molecule has 14 heavy (non-hydrogen) atoms. The number of carbonyl (C=O) groups excluding carboxylic acids is 1. The Hall–Kier alpha value is -0.870. The van der Waals surface area contributed by atoms with Gasteiger partial charge in [0.2, 0.25) is 0 Å². The second kappa shape index (κ2) is 5.12. The normalized spacial score (nSPS) is 10.1. The van der Waals surface area contributed by atoms with Crippen LogP contribution in [0, 0.1) is 0 Å². The third kappa shape index (κ3) is 2.56. The smallest absolute Gasteiger partial charge is 0.133 e. The van der Waals surface area contributed by atoms with Crippen LogP contribution in [0.5, 0.6) is 5.75 Å². The molecule has 0 saturated heterocycles. The lowest BCUT2D eigenvalue weighted by Crippen LogP contribution is -1.93. The Morgan fingerprint density at radius 3 is 2.86 bits per heavy atom. The summed E-state index contributed by atoms with van der Waals surface area (Å²) in [5.74, 6) is 0.122. The van der Waals surface area contributed by atoms with Crippen molar-refractivity contribution in [2.45, 2.75) is 13.0 Å². The second-order valence-electron chi connectivity index (χ2n) is 2.89. The van der Waals surface area contributed by atoms with Gasteiger partial charge in [0.15, 0.2) is 0 Å². The minimum atomic E-state index is 0.122. The van der Waals surface area contributed by atoms with Gasteiger partial charge in [-0.25, -0.2) is 0 Å². The molecule has 0 amide bonds. The third-order valence-electron chi connectivity index (χ3n) is 1.82. The molecule has 76 valence electrons. The van der Waals surface area contributed by atoms with E-state index in [0.29, 0.717) is 16.6 Å². The van der Waals surface area contributed by atoms with Crippen molar-refractivity contribution in [2.24, 2.45) is 0 Å². The van der Waals surface area contributed by atoms with Crippen LogP contribution in [-0.4, -0.2) is 18.5 Å². The number of hydrogen-bond acceptors (Lipinski definition) is 3. The van der Waals surface area contributed by atoms with E-state index in [1.165, 1.54) is 0 Å². The summed E-state index contributed by atoms with van der Waals surface area (Å²) in [6, 6.07) is 3.53. The molecule has 1 N–H and O–H groups in total. The van der Waals surface area contributed by atoms with Gasteiger partial charge in [-0.2, -0.15) is 0 Å². The SMILES string of the molecule is COCc1cc(Br)c(O)c(CC=O)c1. The molecule has 0 unspecified atom stereocenters. The number of benzene rings is 1. The lowest BCUT2D eigenvalue weighted by molar-refractivity contribution is -0.107. The van der Waals surface area contributed by atoms with E-state index in [2.05, 4.69) is 15.9 Å². The van der Waals surface area contributed by atoms with Crippen molar-refractivity contribution in [1.82, 2.24) is 0 Å². The van der Waals surface area contributed by atoms with Gasteiger partial charge in [-0.05, 0) is 33.6 Å². The first-order valence-corrected chi connectivity index (χ1v) is 4.91. The van der Waals surface area contributed by atoms with Crippen molar-refractivity contribution >= 4 is 22.2 Å². The Bertz CT molecular complexity index is 336. The highest BCUT2D eigenvalue weighted by Gasteiger charge is 2.07. The maximum atomic E-state index is 10.3. The van der Waals surface area contributed by atoms with Crippen LogP contribution < -0.4 is 0 Å². The second-order valence-corrected chi connectivity index (χ2v) is 3.74. The molecule has 0 heterocycles. The Morgan fingerprint density at radius 1 is 1.57 bits per heavy atom. The van der Waals surface area contributed by atoms with Crippen molar-refractivity contribution in [3.63, 3.8) is 0 Å². The summed E-state index contributed by atoms with van der Waals surface area (Å²) in [4.78, 5) is 10.3. The molecule has 0 saturated carbocycles. The van der Waals surface area contributed by atoms with Gasteiger partial charge in [0.05, 0.1) is 11.1 Å². The first-order valence-electron chi connectivity index (χ1n) is 4.12. The molecule has 0 atom stereocenters. The molecule has 0 bridgehead atoms. The highest BCUT2D eigenvalue weighted by atomic mass is 79.9. The van der Waals surface area contributed by atoms with Crippen molar-refractivity contribution < 1.29 is 14.6 Å². The largest absolute Gasteiger partial charge is 0.506 e. The third-order valence-corrected chi connectivity index (χ3v) is 2.42. The number of hydrogen-bond donors (Lipinski definition) is 1. The van der Waals surface area contributed by atoms with Crippen molar-refractivity contribution in [3.05, 3.63) is 27.7 Å². The molecular weight excluding hydrogens is 248 g/mol. The van der Waals surface area contributed by atoms with Crippen LogP contribution in [0.15, 0.2) is 16.6 Å². The molecule has 1 aromatic rings. The van der Waals surface area contributed by atoms with Crippen LogP contribution in [-0.2, 0) is 22.6 Å². The molecule has 0 aliphatic rings. The molecule has 4 heteroatoms. The minimum Gasteiger partial charge on any atom is -0.506 e. The average molecular weight is 259 g/mol. The first kappa shape index (κ1) is 11.2. The molecule has 0 fully saturated rings. The van der Waals surface area contributed by atoms with E-state index in [4.69, 9.17) is 4.74 Å². The van der Waals surface area contributed by atoms with E-state index in [1.807, 2.05) is 0 Å². The number of aldehydes is 1. The summed E-state index contributed by atoms with van der Waals surface area (Å²) in [7, 11) is 1.60. The number of aromatic hydroxyl groups is 1. The number of phenols is 1. The van der Waals surface area contributed by atoms with Gasteiger partial charge >= 0.3 is 0 Å². The molecule has 0 aromatic heterocycles. The van der Waals surface area contributed by atoms with E-state index in [-0.39, 0.29) is 12.2 Å². The van der Waals surface area contributed by atoms with Gasteiger partial charge in [0, 0.05) is 19.1 Å². The van der Waals surface area contributed by atoms with Crippen LogP contribution in [0.4, 0.5) is 0 Å². The zero-order valence-corrected chi connectivity index (χ0v) is 9.37. The van der Waals surface area contributed by atoms with Crippen LogP contribution in [0.25, 0.3) is 0 Å². The van der Waals surface area contributed by atoms with Gasteiger partial charge < -0.3 is 14.6 Å². The monoisotopic (exact) mass is 258 g/mol. The first-order chi connectivity index (χ1) is 6.69. The Morgan fingerprint density at radius 2 is 2.29 bits per heavy atom. The van der Waals surface area contributed by atoms with Crippen LogP contribution in [0.2, 0.25) is 0 Å². The van der Waals surface area contributed by atoms with E-state index < -0.39 is 0 Å². The van der Waals surface area contributed by atoms with Gasteiger partial charge in [0.25, 0.3) is 0 Å². The maximum Gasteiger partial charge on any atom is 0.133 e. The van der Waals surface area contributed by atoms with Crippen molar-refractivity contribution in [2.75, 3.05) is 7.11 Å². The molecule has 0 radical (unpaired) electrons. The van der Waals surface area contributed by atoms with E-state index in [1.54, 1.807) is 19.2 Å². The van der Waals surface area contributed by atoms with Gasteiger partial charge in [-0.3, -0.25) is 0 Å². The van der Waals surface area contributed by atoms with Gasteiger partial charge in [-0.1, -0.05) is 0 Å². The lowest BCUT2D eigenvalue weighted by Gasteiger charge is -2.07. The fourth-order valence-corrected chi connectivity index (χ4v) is 1.76. The standard InChI is InChI=1S/C10H11BrO3/c1-14-6-7-4-8(2-3-12)10(13)9(11)5-7/h3-5,13H,2,6H2,1H3. The fraction of sp³-hybridized carbons (Fsp3) is 0.300. The number of methoxy groups -OCH3 is 1. The molecule has 0 aliphatic heterocycles. The maximum absolute atomic E-state index is 10.3. The molecular formula is C10H11BrO3. The minimum absolute atomic E-state index is 0.122. The van der Waals surface area contributed by atoms with E-state index in [9.17, 15) is 9.90 Å². The quantitative estimate of drug-likeness (QED) is 0.841. The van der Waals surface area contributed by atoms with E-state index >= 15 is 0 Å². The van der Waals surface area contributed by atoms with Gasteiger partial charge in [0.1, 0.15) is 12.0 Å². The fourth-order valence-electron chi connectivity index (χ4n) is 1.21. The summed E-state index contributed by atoms with van der Waals surface area (Å²) in [6.45, 7) is 0.463. The van der Waals surface area contributed by atoms with Crippen LogP contribution in [0.3, 0.4) is 0 Å². The molecule has 1 rings (SSSR count). The van der Waals surface area contributed by atoms with Crippen LogP contribution in [0.1, 0.15) is 11.1 Å². The zero-order valence-electron chi connectivity index (χ0n) is 7.79. The Balaban J connectivity index is 3.06. The Kier molecular flexibility index (Phi) is 4.10. The molecule has 0 aliphatic carbocycles. The molecule has 3 nitrogen and oxygen atoms in total. The molecule has 1 aromatic carbocycles. The Labute approximate surface area is 90.8 Å². The van der Waals surface area contributed by atoms with Crippen molar-refractivity contribution in [3.8, 4) is 5.75 Å². The highest BCUT2D eigenvalue weighted by molar-refractivity contribution is 9.10. The highest BCUT2D eigenvalue weighted by Crippen LogP contribution is 2.29. The van der Waals surface area contributed by atoms with Crippen LogP contribution >= 0.6 is 15.9 Å². The summed E-state index contributed by atoms with van der Waals surface area (Å²) < 4.78 is 5.55. The zero-order chi connectivity index (χ0) is 10.6. The van der Waals surface area contributed by atoms with Gasteiger partial charge in [-0.15, -0.1) is 0 Å². The molecule has 0 spiro atoms. The topological polar surface area (TPSA) is 46.5 Å². The summed E-state index contributed by atoms with van der Waals surface area (Å²) in [5.41, 5.74) is 1.54. The average Bonchev–Trinajstić information content (AvgIpc) is 2.14. The summed E-state index contributed by atoms with van der Waals surface area (Å²) >= 11 is 3.22. The number of phenolic OH excluding ortho intramolecular Hbond substituents is 1. The predicted molar refractivity (Wildman–Crippen MR) is 56.3 cm³/mol. The van der Waals surface area contributed by atoms with Crippen molar-refractivity contribution in [1.29, 1.82) is 0 Å². The number of ether oxygens (including phenoxy) is 1. The van der Waals surface area contributed by atoms with E-state index in [0.717, 1.165) is 11.8 Å². The summed E-state index contributed by atoms with van der Waals surface area (Å²) in [6.07, 6.45) is 0.972. The number of rotatable bonds is 4. The predicted octanol–water partition coefficient (Wildman–Crippen LogP) is 2.04. The summed E-state index contributed by atoms with van der Waals surface area (Å²) in [5, 5.41) is 9.57. The lowest BCUT2D eigenvalue weighted by atomic mass is 10.1. The number of carbonyl (C=O) groups is 1.